The van der Waals surface area contributed by atoms with Gasteiger partial charge >= 0.3 is 0 Å². The summed E-state index contributed by atoms with van der Waals surface area (Å²) < 4.78 is 0. The molecule has 0 bridgehead atoms. The minimum atomic E-state index is 0.0844. The van der Waals surface area contributed by atoms with Gasteiger partial charge in [-0.3, -0.25) is 4.90 Å². The van der Waals surface area contributed by atoms with E-state index in [4.69, 9.17) is 18.0 Å². The van der Waals surface area contributed by atoms with Crippen LogP contribution in [0.5, 0.6) is 0 Å². The summed E-state index contributed by atoms with van der Waals surface area (Å²) in [6.45, 7) is 8.98. The number of nitrogens with two attached hydrogens (primary N) is 1. The van der Waals surface area contributed by atoms with Crippen LogP contribution in [-0.2, 0) is 6.42 Å². The minimum absolute atomic E-state index is 0.0844. The maximum Gasteiger partial charge on any atom is 0.0948 e. The number of hydrogen-bond acceptors (Lipinski definition) is 2. The average molecular weight is 290 g/mol. The quantitative estimate of drug-likeness (QED) is 0.860. The van der Waals surface area contributed by atoms with Gasteiger partial charge in [-0.25, -0.2) is 0 Å². The fourth-order valence-electron chi connectivity index (χ4n) is 3.41. The fourth-order valence-corrected chi connectivity index (χ4v) is 3.70. The molecule has 20 heavy (non-hydrogen) atoms. The van der Waals surface area contributed by atoms with Crippen molar-refractivity contribution in [2.24, 2.45) is 17.6 Å². The minimum Gasteiger partial charge on any atom is -0.392 e. The van der Waals surface area contributed by atoms with Crippen molar-refractivity contribution < 1.29 is 0 Å². The van der Waals surface area contributed by atoms with Crippen molar-refractivity contribution in [2.45, 2.75) is 39.7 Å². The average Bonchev–Trinajstić information content (AvgIpc) is 2.38. The highest BCUT2D eigenvalue weighted by Crippen LogP contribution is 2.29. The zero-order valence-electron chi connectivity index (χ0n) is 12.8. The van der Waals surface area contributed by atoms with E-state index in [9.17, 15) is 0 Å². The van der Waals surface area contributed by atoms with Crippen LogP contribution >= 0.6 is 12.2 Å². The van der Waals surface area contributed by atoms with Crippen molar-refractivity contribution >= 4 is 17.2 Å². The molecule has 0 aromatic heterocycles. The molecule has 0 saturated carbocycles. The van der Waals surface area contributed by atoms with Gasteiger partial charge in [0.2, 0.25) is 0 Å². The molecule has 0 spiro atoms. The normalized spacial score (nSPS) is 25.4. The van der Waals surface area contributed by atoms with Gasteiger partial charge in [-0.1, -0.05) is 57.3 Å². The summed E-state index contributed by atoms with van der Waals surface area (Å²) in [4.78, 5) is 3.05. The number of piperidine rings is 1. The van der Waals surface area contributed by atoms with Crippen molar-refractivity contribution in [3.05, 3.63) is 35.4 Å². The van der Waals surface area contributed by atoms with Crippen LogP contribution in [0.4, 0.5) is 0 Å². The lowest BCUT2D eigenvalue weighted by atomic mass is 9.89. The van der Waals surface area contributed by atoms with Gasteiger partial charge in [0.25, 0.3) is 0 Å². The molecule has 1 aromatic rings. The second kappa shape index (κ2) is 6.68. The van der Waals surface area contributed by atoms with Gasteiger partial charge in [-0.15, -0.1) is 0 Å². The zero-order valence-corrected chi connectivity index (χ0v) is 13.6. The number of aryl methyl sites for hydroxylation is 1. The third-order valence-electron chi connectivity index (χ3n) is 4.24. The molecular formula is C17H26N2S. The molecule has 1 heterocycles. The summed E-state index contributed by atoms with van der Waals surface area (Å²) in [7, 11) is 0. The third kappa shape index (κ3) is 3.58. The van der Waals surface area contributed by atoms with E-state index in [0.29, 0.717) is 16.8 Å². The Hall–Kier alpha value is -0.930. The first-order valence-corrected chi connectivity index (χ1v) is 8.04. The van der Waals surface area contributed by atoms with Crippen LogP contribution in [0.15, 0.2) is 24.3 Å². The second-order valence-electron chi connectivity index (χ2n) is 6.30. The molecule has 2 N–H and O–H groups in total. The summed E-state index contributed by atoms with van der Waals surface area (Å²) in [5, 5.41) is 0. The molecule has 110 valence electrons. The standard InChI is InChI=1S/C17H26N2S/c1-4-14-5-7-15(8-6-14)16(17(18)20)19-10-12(2)9-13(3)11-19/h5-8,12-13,16H,4,9-11H2,1-3H3,(H2,18,20). The number of likely N-dealkylation sites (tertiary alicyclic amines) is 1. The first-order chi connectivity index (χ1) is 9.51. The van der Waals surface area contributed by atoms with Crippen LogP contribution in [0.2, 0.25) is 0 Å². The molecule has 3 unspecified atom stereocenters. The van der Waals surface area contributed by atoms with Gasteiger partial charge in [-0.05, 0) is 35.8 Å². The Labute approximate surface area is 128 Å². The predicted molar refractivity (Wildman–Crippen MR) is 89.9 cm³/mol. The topological polar surface area (TPSA) is 29.3 Å². The molecule has 1 aliphatic heterocycles. The van der Waals surface area contributed by atoms with Gasteiger partial charge in [0.15, 0.2) is 0 Å². The molecule has 2 rings (SSSR count). The molecule has 1 saturated heterocycles. The van der Waals surface area contributed by atoms with E-state index in [-0.39, 0.29) is 6.04 Å². The monoisotopic (exact) mass is 290 g/mol. The Morgan fingerprint density at radius 2 is 1.80 bits per heavy atom. The number of benzene rings is 1. The molecule has 0 radical (unpaired) electrons. The summed E-state index contributed by atoms with van der Waals surface area (Å²) in [5.74, 6) is 1.43. The number of nitrogens with zero attached hydrogens (tertiary/aromatic N) is 1. The van der Waals surface area contributed by atoms with Crippen molar-refractivity contribution in [1.82, 2.24) is 4.90 Å². The van der Waals surface area contributed by atoms with Gasteiger partial charge in [0, 0.05) is 13.1 Å². The first kappa shape index (κ1) is 15.5. The molecule has 1 aromatic carbocycles. The Morgan fingerprint density at radius 3 is 2.25 bits per heavy atom. The molecule has 2 nitrogen and oxygen atoms in total. The Kier molecular flexibility index (Phi) is 5.17. The van der Waals surface area contributed by atoms with Crippen LogP contribution in [0.3, 0.4) is 0 Å². The lowest BCUT2D eigenvalue weighted by Crippen LogP contribution is -2.45. The summed E-state index contributed by atoms with van der Waals surface area (Å²) in [6, 6.07) is 8.84. The first-order valence-electron chi connectivity index (χ1n) is 7.63. The lowest BCUT2D eigenvalue weighted by molar-refractivity contribution is 0.122. The second-order valence-corrected chi connectivity index (χ2v) is 6.77. The molecular weight excluding hydrogens is 264 g/mol. The highest BCUT2D eigenvalue weighted by molar-refractivity contribution is 7.80. The largest absolute Gasteiger partial charge is 0.392 e. The third-order valence-corrected chi connectivity index (χ3v) is 4.46. The van der Waals surface area contributed by atoms with E-state index < -0.39 is 0 Å². The van der Waals surface area contributed by atoms with Crippen LogP contribution in [0.1, 0.15) is 44.4 Å². The number of rotatable bonds is 4. The molecule has 3 atom stereocenters. The fraction of sp³-hybridized carbons (Fsp3) is 0.588. The maximum absolute atomic E-state index is 6.05. The Bertz CT molecular complexity index is 445. The predicted octanol–water partition coefficient (Wildman–Crippen LogP) is 3.55. The SMILES string of the molecule is CCc1ccc(C(C(N)=S)N2CC(C)CC(C)C2)cc1. The van der Waals surface area contributed by atoms with Crippen molar-refractivity contribution in [1.29, 1.82) is 0 Å². The Balaban J connectivity index is 2.23. The van der Waals surface area contributed by atoms with Crippen LogP contribution in [0.25, 0.3) is 0 Å². The van der Waals surface area contributed by atoms with Crippen LogP contribution in [0, 0.1) is 11.8 Å². The van der Waals surface area contributed by atoms with Crippen LogP contribution in [-0.4, -0.2) is 23.0 Å². The highest BCUT2D eigenvalue weighted by atomic mass is 32.1. The van der Waals surface area contributed by atoms with E-state index in [1.54, 1.807) is 0 Å². The summed E-state index contributed by atoms with van der Waals surface area (Å²) in [5.41, 5.74) is 8.64. The van der Waals surface area contributed by atoms with Crippen molar-refractivity contribution in [2.75, 3.05) is 13.1 Å². The maximum atomic E-state index is 6.05. The number of hydrogen-bond donors (Lipinski definition) is 1. The van der Waals surface area contributed by atoms with Crippen molar-refractivity contribution in [3.63, 3.8) is 0 Å². The van der Waals surface area contributed by atoms with E-state index in [2.05, 4.69) is 49.9 Å². The van der Waals surface area contributed by atoms with Gasteiger partial charge in [0.05, 0.1) is 11.0 Å². The molecule has 0 aliphatic carbocycles. The van der Waals surface area contributed by atoms with Gasteiger partial charge < -0.3 is 5.73 Å². The van der Waals surface area contributed by atoms with E-state index >= 15 is 0 Å². The van der Waals surface area contributed by atoms with Gasteiger partial charge in [-0.2, -0.15) is 0 Å². The van der Waals surface area contributed by atoms with Crippen LogP contribution < -0.4 is 5.73 Å². The van der Waals surface area contributed by atoms with Crippen molar-refractivity contribution in [3.8, 4) is 0 Å². The molecule has 3 heteroatoms. The van der Waals surface area contributed by atoms with E-state index in [1.165, 1.54) is 17.5 Å². The summed E-state index contributed by atoms with van der Waals surface area (Å²) in [6.07, 6.45) is 2.37. The zero-order chi connectivity index (χ0) is 14.7. The smallest absolute Gasteiger partial charge is 0.0948 e. The molecule has 0 amide bonds. The Morgan fingerprint density at radius 1 is 1.25 bits per heavy atom. The molecule has 1 fully saturated rings. The van der Waals surface area contributed by atoms with E-state index in [0.717, 1.165) is 19.5 Å². The number of thiocarbonyl (C=S) groups is 1. The van der Waals surface area contributed by atoms with E-state index in [1.807, 2.05) is 0 Å². The summed E-state index contributed by atoms with van der Waals surface area (Å²) >= 11 is 5.35. The van der Waals surface area contributed by atoms with Gasteiger partial charge in [0.1, 0.15) is 0 Å². The highest BCUT2D eigenvalue weighted by Gasteiger charge is 2.29. The lowest BCUT2D eigenvalue weighted by Gasteiger charge is -2.40. The molecule has 1 aliphatic rings.